The van der Waals surface area contributed by atoms with E-state index in [-0.39, 0.29) is 0 Å². The van der Waals surface area contributed by atoms with Crippen molar-refractivity contribution < 1.29 is 0 Å². The summed E-state index contributed by atoms with van der Waals surface area (Å²) in [5.41, 5.74) is 7.30. The summed E-state index contributed by atoms with van der Waals surface area (Å²) in [5, 5.41) is 17.0. The van der Waals surface area contributed by atoms with E-state index < -0.39 is 0 Å². The van der Waals surface area contributed by atoms with Crippen molar-refractivity contribution in [3.8, 4) is 11.8 Å². The van der Waals surface area contributed by atoms with E-state index in [9.17, 15) is 5.26 Å². The van der Waals surface area contributed by atoms with Gasteiger partial charge < -0.3 is 11.1 Å². The third-order valence-corrected chi connectivity index (χ3v) is 4.08. The number of hydrogen-bond donors (Lipinski definition) is 2. The van der Waals surface area contributed by atoms with Crippen molar-refractivity contribution in [2.24, 2.45) is 0 Å². The minimum Gasteiger partial charge on any atom is -0.382 e. The van der Waals surface area contributed by atoms with Gasteiger partial charge in [0, 0.05) is 10.5 Å². The standard InChI is InChI=1S/C14H14BrN5/c15-9-4-6-11(7-5-9)20-13(17)12(8-16)14(19-20)18-10-2-1-3-10/h4-7,10H,1-3,17H2,(H,18,19). The highest BCUT2D eigenvalue weighted by Gasteiger charge is 2.22. The number of nitrogens with two attached hydrogens (primary N) is 1. The third kappa shape index (κ3) is 2.25. The van der Waals surface area contributed by atoms with Crippen molar-refractivity contribution in [2.45, 2.75) is 25.3 Å². The first-order chi connectivity index (χ1) is 9.69. The molecule has 1 aliphatic rings. The number of aromatic nitrogens is 2. The number of nitrogen functional groups attached to an aromatic ring is 1. The number of benzene rings is 1. The molecule has 1 aliphatic carbocycles. The molecule has 0 aliphatic heterocycles. The zero-order valence-corrected chi connectivity index (χ0v) is 12.4. The Morgan fingerprint density at radius 1 is 1.35 bits per heavy atom. The van der Waals surface area contributed by atoms with Crippen LogP contribution in [0.4, 0.5) is 11.6 Å². The summed E-state index contributed by atoms with van der Waals surface area (Å²) in [6.07, 6.45) is 3.47. The Morgan fingerprint density at radius 2 is 2.05 bits per heavy atom. The molecule has 3 rings (SSSR count). The normalized spacial score (nSPS) is 14.6. The molecule has 5 nitrogen and oxygen atoms in total. The van der Waals surface area contributed by atoms with Gasteiger partial charge in [0.2, 0.25) is 0 Å². The van der Waals surface area contributed by atoms with Crippen LogP contribution < -0.4 is 11.1 Å². The number of halogens is 1. The van der Waals surface area contributed by atoms with Gasteiger partial charge in [-0.1, -0.05) is 15.9 Å². The van der Waals surface area contributed by atoms with Crippen molar-refractivity contribution in [1.29, 1.82) is 5.26 Å². The first kappa shape index (κ1) is 13.0. The molecular formula is C14H14BrN5. The second kappa shape index (κ2) is 5.17. The minimum atomic E-state index is 0.372. The average Bonchev–Trinajstić information content (AvgIpc) is 2.71. The predicted molar refractivity (Wildman–Crippen MR) is 81.7 cm³/mol. The maximum atomic E-state index is 9.28. The summed E-state index contributed by atoms with van der Waals surface area (Å²) < 4.78 is 2.59. The molecule has 0 amide bonds. The lowest BCUT2D eigenvalue weighted by Crippen LogP contribution is -2.27. The Labute approximate surface area is 125 Å². The smallest absolute Gasteiger partial charge is 0.168 e. The van der Waals surface area contributed by atoms with Gasteiger partial charge in [0.25, 0.3) is 0 Å². The van der Waals surface area contributed by atoms with Crippen LogP contribution in [0.1, 0.15) is 24.8 Å². The molecule has 2 aromatic rings. The molecule has 0 radical (unpaired) electrons. The van der Waals surface area contributed by atoms with Gasteiger partial charge in [-0.05, 0) is 43.5 Å². The van der Waals surface area contributed by atoms with Crippen molar-refractivity contribution in [1.82, 2.24) is 9.78 Å². The van der Waals surface area contributed by atoms with Crippen LogP contribution in [0.3, 0.4) is 0 Å². The molecule has 102 valence electrons. The van der Waals surface area contributed by atoms with E-state index in [2.05, 4.69) is 32.4 Å². The molecule has 1 aromatic carbocycles. The Balaban J connectivity index is 1.99. The fraction of sp³-hybridized carbons (Fsp3) is 0.286. The average molecular weight is 332 g/mol. The Morgan fingerprint density at radius 3 is 2.60 bits per heavy atom. The first-order valence-corrected chi connectivity index (χ1v) is 7.29. The fourth-order valence-corrected chi connectivity index (χ4v) is 2.43. The van der Waals surface area contributed by atoms with Crippen LogP contribution in [0.15, 0.2) is 28.7 Å². The number of anilines is 2. The van der Waals surface area contributed by atoms with E-state index in [1.165, 1.54) is 6.42 Å². The van der Waals surface area contributed by atoms with Gasteiger partial charge in [-0.15, -0.1) is 5.10 Å². The zero-order valence-electron chi connectivity index (χ0n) is 10.8. The van der Waals surface area contributed by atoms with E-state index >= 15 is 0 Å². The van der Waals surface area contributed by atoms with Gasteiger partial charge in [0.15, 0.2) is 5.82 Å². The van der Waals surface area contributed by atoms with Gasteiger partial charge in [0.05, 0.1) is 5.69 Å². The van der Waals surface area contributed by atoms with E-state index in [1.807, 2.05) is 24.3 Å². The summed E-state index contributed by atoms with van der Waals surface area (Å²) in [6.45, 7) is 0. The monoisotopic (exact) mass is 331 g/mol. The molecule has 0 unspecified atom stereocenters. The highest BCUT2D eigenvalue weighted by molar-refractivity contribution is 9.10. The third-order valence-electron chi connectivity index (χ3n) is 3.55. The predicted octanol–water partition coefficient (Wildman–Crippen LogP) is 3.05. The molecule has 0 spiro atoms. The quantitative estimate of drug-likeness (QED) is 0.905. The summed E-state index contributed by atoms with van der Waals surface area (Å²) in [5.74, 6) is 0.953. The zero-order chi connectivity index (χ0) is 14.1. The molecule has 0 saturated heterocycles. The van der Waals surface area contributed by atoms with Gasteiger partial charge in [-0.3, -0.25) is 0 Å². The van der Waals surface area contributed by atoms with Crippen molar-refractivity contribution in [3.05, 3.63) is 34.3 Å². The van der Waals surface area contributed by atoms with Crippen molar-refractivity contribution in [3.63, 3.8) is 0 Å². The first-order valence-electron chi connectivity index (χ1n) is 6.50. The van der Waals surface area contributed by atoms with Crippen LogP contribution in [0.2, 0.25) is 0 Å². The van der Waals surface area contributed by atoms with Crippen LogP contribution in [0.25, 0.3) is 5.69 Å². The molecule has 0 bridgehead atoms. The SMILES string of the molecule is N#Cc1c(NC2CCC2)nn(-c2ccc(Br)cc2)c1N. The summed E-state index contributed by atoms with van der Waals surface area (Å²) in [7, 11) is 0. The second-order valence-corrected chi connectivity index (χ2v) is 5.80. The minimum absolute atomic E-state index is 0.372. The number of nitrogens with one attached hydrogen (secondary N) is 1. The van der Waals surface area contributed by atoms with E-state index in [1.54, 1.807) is 4.68 Å². The van der Waals surface area contributed by atoms with Gasteiger partial charge >= 0.3 is 0 Å². The number of hydrogen-bond acceptors (Lipinski definition) is 4. The van der Waals surface area contributed by atoms with Crippen LogP contribution in [0.5, 0.6) is 0 Å². The van der Waals surface area contributed by atoms with E-state index in [0.29, 0.717) is 23.2 Å². The molecular weight excluding hydrogens is 318 g/mol. The molecule has 1 aromatic heterocycles. The van der Waals surface area contributed by atoms with Crippen molar-refractivity contribution >= 4 is 27.6 Å². The molecule has 1 fully saturated rings. The number of nitrogens with zero attached hydrogens (tertiary/aromatic N) is 3. The molecule has 0 atom stereocenters. The van der Waals surface area contributed by atoms with Crippen LogP contribution in [-0.4, -0.2) is 15.8 Å². The van der Waals surface area contributed by atoms with E-state index in [4.69, 9.17) is 5.73 Å². The van der Waals surface area contributed by atoms with Gasteiger partial charge in [-0.2, -0.15) is 5.26 Å². The molecule has 1 heterocycles. The lowest BCUT2D eigenvalue weighted by Gasteiger charge is -2.26. The van der Waals surface area contributed by atoms with Gasteiger partial charge in [0.1, 0.15) is 17.5 Å². The Hall–Kier alpha value is -2.00. The molecule has 6 heteroatoms. The summed E-state index contributed by atoms with van der Waals surface area (Å²) in [4.78, 5) is 0. The lowest BCUT2D eigenvalue weighted by atomic mass is 9.93. The maximum absolute atomic E-state index is 9.28. The topological polar surface area (TPSA) is 79.7 Å². The fourth-order valence-electron chi connectivity index (χ4n) is 2.17. The molecule has 1 saturated carbocycles. The molecule has 20 heavy (non-hydrogen) atoms. The maximum Gasteiger partial charge on any atom is 0.168 e. The lowest BCUT2D eigenvalue weighted by molar-refractivity contribution is 0.444. The number of rotatable bonds is 3. The largest absolute Gasteiger partial charge is 0.382 e. The van der Waals surface area contributed by atoms with Crippen LogP contribution >= 0.6 is 15.9 Å². The van der Waals surface area contributed by atoms with Crippen LogP contribution in [0, 0.1) is 11.3 Å². The summed E-state index contributed by atoms with van der Waals surface area (Å²) >= 11 is 3.39. The van der Waals surface area contributed by atoms with Gasteiger partial charge in [-0.25, -0.2) is 4.68 Å². The Kier molecular flexibility index (Phi) is 3.36. The highest BCUT2D eigenvalue weighted by atomic mass is 79.9. The highest BCUT2D eigenvalue weighted by Crippen LogP contribution is 2.29. The Bertz CT molecular complexity index is 664. The number of nitriles is 1. The second-order valence-electron chi connectivity index (χ2n) is 4.88. The molecule has 3 N–H and O–H groups in total. The van der Waals surface area contributed by atoms with Crippen LogP contribution in [-0.2, 0) is 0 Å². The summed E-state index contributed by atoms with van der Waals surface area (Å²) in [6, 6.07) is 10.2. The van der Waals surface area contributed by atoms with Crippen molar-refractivity contribution in [2.75, 3.05) is 11.1 Å². The van der Waals surface area contributed by atoms with E-state index in [0.717, 1.165) is 23.0 Å².